The predicted molar refractivity (Wildman–Crippen MR) is 84.3 cm³/mol. The molecule has 0 atom stereocenters. The monoisotopic (exact) mass is 337 g/mol. The first-order valence-corrected chi connectivity index (χ1v) is 7.83. The van der Waals surface area contributed by atoms with Crippen LogP contribution in [0.4, 0.5) is 5.69 Å². The summed E-state index contributed by atoms with van der Waals surface area (Å²) in [6, 6.07) is 3.86. The number of carbonyl (C=O) groups is 2. The summed E-state index contributed by atoms with van der Waals surface area (Å²) < 4.78 is 0.843. The normalized spacial score (nSPS) is 13.8. The Morgan fingerprint density at radius 2 is 2.05 bits per heavy atom. The third-order valence-corrected chi connectivity index (χ3v) is 4.35. The van der Waals surface area contributed by atoms with Gasteiger partial charge in [-0.3, -0.25) is 9.59 Å². The fourth-order valence-electron chi connectivity index (χ4n) is 2.50. The van der Waals surface area contributed by atoms with E-state index in [9.17, 15) is 9.59 Å². The standard InChI is InChI=1S/C16H20BrNO2/c1-10(2)4-5-16(20)13-9-15-12(8-14(13)17)6-7-18(15)11(3)19/h8-10H,4-7H2,1-3H3. The van der Waals surface area contributed by atoms with Crippen molar-refractivity contribution < 1.29 is 9.59 Å². The molecular weight excluding hydrogens is 318 g/mol. The van der Waals surface area contributed by atoms with E-state index in [1.54, 1.807) is 11.8 Å². The van der Waals surface area contributed by atoms with Crippen molar-refractivity contribution in [2.45, 2.75) is 40.0 Å². The van der Waals surface area contributed by atoms with Gasteiger partial charge in [0.25, 0.3) is 0 Å². The van der Waals surface area contributed by atoms with Gasteiger partial charge in [-0.05, 0) is 36.5 Å². The Morgan fingerprint density at radius 3 is 2.65 bits per heavy atom. The highest BCUT2D eigenvalue weighted by molar-refractivity contribution is 9.10. The number of ketones is 1. The van der Waals surface area contributed by atoms with Crippen molar-refractivity contribution in [1.82, 2.24) is 0 Å². The van der Waals surface area contributed by atoms with Gasteiger partial charge in [0, 0.05) is 35.6 Å². The van der Waals surface area contributed by atoms with Crippen LogP contribution in [0.3, 0.4) is 0 Å². The quantitative estimate of drug-likeness (QED) is 0.779. The minimum atomic E-state index is 0.0339. The highest BCUT2D eigenvalue weighted by Crippen LogP contribution is 2.34. The molecule has 0 fully saturated rings. The van der Waals surface area contributed by atoms with E-state index < -0.39 is 0 Å². The molecule has 0 aliphatic carbocycles. The first-order chi connectivity index (χ1) is 9.40. The van der Waals surface area contributed by atoms with Gasteiger partial charge in [-0.25, -0.2) is 0 Å². The van der Waals surface area contributed by atoms with Gasteiger partial charge in [0.1, 0.15) is 0 Å². The molecule has 0 aromatic heterocycles. The zero-order chi connectivity index (χ0) is 14.9. The topological polar surface area (TPSA) is 37.4 Å². The lowest BCUT2D eigenvalue weighted by Crippen LogP contribution is -2.25. The Labute approximate surface area is 128 Å². The Balaban J connectivity index is 2.29. The van der Waals surface area contributed by atoms with Crippen molar-refractivity contribution >= 4 is 33.3 Å². The second-order valence-corrected chi connectivity index (χ2v) is 6.59. The third kappa shape index (κ3) is 3.11. The summed E-state index contributed by atoms with van der Waals surface area (Å²) >= 11 is 3.49. The number of Topliss-reactive ketones (excluding diaryl/α,β-unsaturated/α-hetero) is 1. The van der Waals surface area contributed by atoms with E-state index >= 15 is 0 Å². The van der Waals surface area contributed by atoms with Crippen molar-refractivity contribution in [2.75, 3.05) is 11.4 Å². The van der Waals surface area contributed by atoms with Crippen molar-refractivity contribution in [2.24, 2.45) is 5.92 Å². The van der Waals surface area contributed by atoms with Gasteiger partial charge >= 0.3 is 0 Å². The number of anilines is 1. The molecule has 1 aromatic rings. The number of amides is 1. The molecule has 0 N–H and O–H groups in total. The lowest BCUT2D eigenvalue weighted by atomic mass is 9.99. The van der Waals surface area contributed by atoms with Gasteiger partial charge in [-0.2, -0.15) is 0 Å². The first kappa shape index (κ1) is 15.2. The van der Waals surface area contributed by atoms with E-state index in [2.05, 4.69) is 29.8 Å². The summed E-state index contributed by atoms with van der Waals surface area (Å²) in [5.74, 6) is 0.691. The number of rotatable bonds is 4. The van der Waals surface area contributed by atoms with Gasteiger partial charge in [0.15, 0.2) is 5.78 Å². The molecule has 20 heavy (non-hydrogen) atoms. The van der Waals surface area contributed by atoms with Crippen LogP contribution in [0.5, 0.6) is 0 Å². The fraction of sp³-hybridized carbons (Fsp3) is 0.500. The number of benzene rings is 1. The molecule has 1 amide bonds. The summed E-state index contributed by atoms with van der Waals surface area (Å²) in [6.07, 6.45) is 2.29. The maximum absolute atomic E-state index is 12.3. The molecule has 0 radical (unpaired) electrons. The number of hydrogen-bond donors (Lipinski definition) is 0. The average Bonchev–Trinajstić information content (AvgIpc) is 2.77. The molecule has 2 rings (SSSR count). The Hall–Kier alpha value is -1.16. The molecule has 108 valence electrons. The van der Waals surface area contributed by atoms with Crippen LogP contribution < -0.4 is 4.90 Å². The fourth-order valence-corrected chi connectivity index (χ4v) is 3.11. The van der Waals surface area contributed by atoms with Crippen molar-refractivity contribution in [3.63, 3.8) is 0 Å². The SMILES string of the molecule is CC(=O)N1CCc2cc(Br)c(C(=O)CCC(C)C)cc21. The van der Waals surface area contributed by atoms with Gasteiger partial charge in [-0.15, -0.1) is 0 Å². The van der Waals surface area contributed by atoms with Crippen LogP contribution in [-0.4, -0.2) is 18.2 Å². The molecule has 3 nitrogen and oxygen atoms in total. The highest BCUT2D eigenvalue weighted by Gasteiger charge is 2.25. The van der Waals surface area contributed by atoms with E-state index in [0.29, 0.717) is 24.4 Å². The Kier molecular flexibility index (Phi) is 4.63. The van der Waals surface area contributed by atoms with Gasteiger partial charge < -0.3 is 4.90 Å². The largest absolute Gasteiger partial charge is 0.312 e. The van der Waals surface area contributed by atoms with E-state index in [-0.39, 0.29) is 11.7 Å². The molecule has 1 aliphatic heterocycles. The van der Waals surface area contributed by atoms with Crippen LogP contribution in [0, 0.1) is 5.92 Å². The molecule has 0 saturated carbocycles. The lowest BCUT2D eigenvalue weighted by molar-refractivity contribution is -0.116. The predicted octanol–water partition coefficient (Wildman–Crippen LogP) is 3.98. The van der Waals surface area contributed by atoms with Crippen LogP contribution in [0.25, 0.3) is 0 Å². The maximum atomic E-state index is 12.3. The second kappa shape index (κ2) is 6.08. The zero-order valence-corrected chi connectivity index (χ0v) is 13.8. The molecule has 1 aromatic carbocycles. The number of halogens is 1. The Morgan fingerprint density at radius 1 is 1.35 bits per heavy atom. The highest BCUT2D eigenvalue weighted by atomic mass is 79.9. The number of hydrogen-bond acceptors (Lipinski definition) is 2. The summed E-state index contributed by atoms with van der Waals surface area (Å²) in [6.45, 7) is 6.50. The average molecular weight is 338 g/mol. The van der Waals surface area contributed by atoms with Crippen LogP contribution in [0.1, 0.15) is 49.5 Å². The molecule has 1 heterocycles. The number of carbonyl (C=O) groups excluding carboxylic acids is 2. The summed E-state index contributed by atoms with van der Waals surface area (Å²) in [5, 5.41) is 0. The first-order valence-electron chi connectivity index (χ1n) is 7.04. The molecule has 0 saturated heterocycles. The molecule has 0 spiro atoms. The molecular formula is C16H20BrNO2. The van der Waals surface area contributed by atoms with E-state index in [1.807, 2.05) is 12.1 Å². The molecule has 1 aliphatic rings. The van der Waals surface area contributed by atoms with Crippen LogP contribution in [-0.2, 0) is 11.2 Å². The summed E-state index contributed by atoms with van der Waals surface area (Å²) in [5.41, 5.74) is 2.72. The number of nitrogens with zero attached hydrogens (tertiary/aromatic N) is 1. The van der Waals surface area contributed by atoms with Gasteiger partial charge in [-0.1, -0.05) is 29.8 Å². The van der Waals surface area contributed by atoms with E-state index in [0.717, 1.165) is 28.6 Å². The maximum Gasteiger partial charge on any atom is 0.223 e. The van der Waals surface area contributed by atoms with Gasteiger partial charge in [0.05, 0.1) is 0 Å². The van der Waals surface area contributed by atoms with Gasteiger partial charge in [0.2, 0.25) is 5.91 Å². The minimum absolute atomic E-state index is 0.0339. The molecule has 0 unspecified atom stereocenters. The second-order valence-electron chi connectivity index (χ2n) is 5.74. The zero-order valence-electron chi connectivity index (χ0n) is 12.2. The molecule has 4 heteroatoms. The van der Waals surface area contributed by atoms with Crippen LogP contribution in [0.15, 0.2) is 16.6 Å². The van der Waals surface area contributed by atoms with Crippen molar-refractivity contribution in [3.05, 3.63) is 27.7 Å². The molecule has 0 bridgehead atoms. The van der Waals surface area contributed by atoms with Crippen molar-refractivity contribution in [3.8, 4) is 0 Å². The van der Waals surface area contributed by atoms with Crippen LogP contribution >= 0.6 is 15.9 Å². The minimum Gasteiger partial charge on any atom is -0.312 e. The van der Waals surface area contributed by atoms with Crippen LogP contribution in [0.2, 0.25) is 0 Å². The Bertz CT molecular complexity index is 552. The van der Waals surface area contributed by atoms with Crippen molar-refractivity contribution in [1.29, 1.82) is 0 Å². The lowest BCUT2D eigenvalue weighted by Gasteiger charge is -2.16. The van der Waals surface area contributed by atoms with E-state index in [4.69, 9.17) is 0 Å². The third-order valence-electron chi connectivity index (χ3n) is 3.69. The number of fused-ring (bicyclic) bond motifs is 1. The van der Waals surface area contributed by atoms with E-state index in [1.165, 1.54) is 0 Å². The smallest absolute Gasteiger partial charge is 0.223 e. The summed E-state index contributed by atoms with van der Waals surface area (Å²) in [4.78, 5) is 25.7. The summed E-state index contributed by atoms with van der Waals surface area (Å²) in [7, 11) is 0.